The Kier molecular flexibility index (Phi) is 10.5. The molecule has 0 atom stereocenters. The summed E-state index contributed by atoms with van der Waals surface area (Å²) < 4.78 is 31.7. The molecule has 3 rings (SSSR count). The number of anilines is 1. The van der Waals surface area contributed by atoms with Gasteiger partial charge >= 0.3 is 0 Å². The molecule has 0 fully saturated rings. The van der Waals surface area contributed by atoms with Crippen LogP contribution in [0.5, 0.6) is 0 Å². The van der Waals surface area contributed by atoms with Gasteiger partial charge in [0.05, 0.1) is 4.90 Å². The van der Waals surface area contributed by atoms with Crippen molar-refractivity contribution in [1.82, 2.24) is 0 Å². The van der Waals surface area contributed by atoms with Crippen LogP contribution in [0, 0.1) is 13.8 Å². The maximum Gasteiger partial charge on any atom is 0.294 e. The first kappa shape index (κ1) is 26.1. The van der Waals surface area contributed by atoms with Crippen molar-refractivity contribution >= 4 is 39.0 Å². The molecule has 0 spiro atoms. The van der Waals surface area contributed by atoms with Gasteiger partial charge in [0.15, 0.2) is 18.9 Å². The summed E-state index contributed by atoms with van der Waals surface area (Å²) in [7, 11) is -4.02. The van der Waals surface area contributed by atoms with Crippen molar-refractivity contribution < 1.29 is 17.5 Å². The lowest BCUT2D eigenvalue weighted by molar-refractivity contribution is -0.688. The molecule has 0 saturated carbocycles. The summed E-state index contributed by atoms with van der Waals surface area (Å²) in [6.45, 7) is 6.47. The SMILES string of the molecule is Cc1ccc(S(=O)(=O)O)cc1.Cc1ccc[n+](Cc2ccc(N(CCCl)CCCl)cc2)c1. The Hall–Kier alpha value is -2.12. The molecule has 0 unspecified atom stereocenters. The lowest BCUT2D eigenvalue weighted by Gasteiger charge is -2.22. The lowest BCUT2D eigenvalue weighted by Crippen LogP contribution is -2.33. The zero-order valence-electron chi connectivity index (χ0n) is 18.3. The molecule has 0 aliphatic carbocycles. The number of benzene rings is 2. The molecular weight excluding hydrogens is 467 g/mol. The van der Waals surface area contributed by atoms with Gasteiger partial charge in [0.2, 0.25) is 0 Å². The van der Waals surface area contributed by atoms with Crippen LogP contribution in [-0.4, -0.2) is 37.8 Å². The summed E-state index contributed by atoms with van der Waals surface area (Å²) in [4.78, 5) is 2.15. The highest BCUT2D eigenvalue weighted by atomic mass is 35.5. The third-order valence-corrected chi connectivity index (χ3v) is 5.91. The summed E-state index contributed by atoms with van der Waals surface area (Å²) in [6.07, 6.45) is 4.25. The van der Waals surface area contributed by atoms with Gasteiger partial charge < -0.3 is 4.90 Å². The first-order valence-corrected chi connectivity index (χ1v) is 12.7. The minimum Gasteiger partial charge on any atom is -0.369 e. The largest absolute Gasteiger partial charge is 0.369 e. The maximum absolute atomic E-state index is 10.5. The van der Waals surface area contributed by atoms with E-state index in [4.69, 9.17) is 27.8 Å². The van der Waals surface area contributed by atoms with Crippen molar-refractivity contribution in [2.45, 2.75) is 25.3 Å². The molecule has 1 N–H and O–H groups in total. The van der Waals surface area contributed by atoms with E-state index in [9.17, 15) is 8.42 Å². The summed E-state index contributed by atoms with van der Waals surface area (Å²) >= 11 is 11.7. The van der Waals surface area contributed by atoms with E-state index in [0.29, 0.717) is 11.8 Å². The number of hydrogen-bond acceptors (Lipinski definition) is 3. The number of aryl methyl sites for hydroxylation is 2. The molecule has 0 radical (unpaired) electrons. The van der Waals surface area contributed by atoms with Crippen LogP contribution in [0.25, 0.3) is 0 Å². The van der Waals surface area contributed by atoms with E-state index in [1.54, 1.807) is 12.1 Å². The van der Waals surface area contributed by atoms with E-state index in [0.717, 1.165) is 25.2 Å². The second kappa shape index (κ2) is 12.8. The highest BCUT2D eigenvalue weighted by molar-refractivity contribution is 7.85. The van der Waals surface area contributed by atoms with Gasteiger partial charge in [-0.05, 0) is 44.2 Å². The zero-order chi connectivity index (χ0) is 23.6. The molecule has 3 aromatic rings. The predicted octanol–water partition coefficient (Wildman–Crippen LogP) is 4.86. The van der Waals surface area contributed by atoms with Gasteiger partial charge in [0.25, 0.3) is 10.1 Å². The number of alkyl halides is 2. The molecule has 8 heteroatoms. The Balaban J connectivity index is 0.000000278. The smallest absolute Gasteiger partial charge is 0.294 e. The van der Waals surface area contributed by atoms with Crippen molar-refractivity contribution in [2.75, 3.05) is 29.7 Å². The molecule has 2 aromatic carbocycles. The van der Waals surface area contributed by atoms with E-state index in [-0.39, 0.29) is 4.90 Å². The summed E-state index contributed by atoms with van der Waals surface area (Å²) in [5.74, 6) is 1.22. The Bertz CT molecular complexity index is 1070. The fourth-order valence-electron chi connectivity index (χ4n) is 3.06. The van der Waals surface area contributed by atoms with E-state index < -0.39 is 10.1 Å². The van der Waals surface area contributed by atoms with Gasteiger partial charge in [-0.3, -0.25) is 4.55 Å². The standard InChI is InChI=1S/C17H21Cl2N2.C7H8O3S/c1-15-3-2-10-20(13-15)14-16-4-6-17(7-5-16)21(11-8-18)12-9-19;1-6-2-4-7(5-3-6)11(8,9)10/h2-7,10,13H,8-9,11-12,14H2,1H3;2-5H,1H3,(H,8,9,10)/q+1;. The van der Waals surface area contributed by atoms with Crippen molar-refractivity contribution in [3.05, 3.63) is 89.7 Å². The van der Waals surface area contributed by atoms with Crippen LogP contribution in [0.2, 0.25) is 0 Å². The molecule has 32 heavy (non-hydrogen) atoms. The van der Waals surface area contributed by atoms with E-state index in [1.807, 2.05) is 6.92 Å². The first-order chi connectivity index (χ1) is 15.2. The average Bonchev–Trinajstić information content (AvgIpc) is 2.74. The van der Waals surface area contributed by atoms with Crippen molar-refractivity contribution in [1.29, 1.82) is 0 Å². The number of pyridine rings is 1. The number of aromatic nitrogens is 1. The third kappa shape index (κ3) is 8.79. The van der Waals surface area contributed by atoms with Gasteiger partial charge in [0.1, 0.15) is 0 Å². The van der Waals surface area contributed by atoms with E-state index in [2.05, 4.69) is 65.2 Å². The quantitative estimate of drug-likeness (QED) is 0.275. The molecule has 5 nitrogen and oxygen atoms in total. The fraction of sp³-hybridized carbons (Fsp3) is 0.292. The number of halogens is 2. The van der Waals surface area contributed by atoms with Gasteiger partial charge in [-0.1, -0.05) is 29.8 Å². The highest BCUT2D eigenvalue weighted by Gasteiger charge is 2.08. The molecule has 0 saturated heterocycles. The van der Waals surface area contributed by atoms with Crippen molar-refractivity contribution in [2.24, 2.45) is 0 Å². The van der Waals surface area contributed by atoms with Crippen LogP contribution in [0.15, 0.2) is 78.0 Å². The number of nitrogens with zero attached hydrogens (tertiary/aromatic N) is 2. The molecule has 0 bridgehead atoms. The van der Waals surface area contributed by atoms with Crippen molar-refractivity contribution in [3.63, 3.8) is 0 Å². The number of hydrogen-bond donors (Lipinski definition) is 1. The van der Waals surface area contributed by atoms with Crippen molar-refractivity contribution in [3.8, 4) is 0 Å². The molecule has 172 valence electrons. The summed E-state index contributed by atoms with van der Waals surface area (Å²) in [5, 5.41) is 0. The molecule has 1 aromatic heterocycles. The summed E-state index contributed by atoms with van der Waals surface area (Å²) in [6, 6.07) is 18.8. The Labute approximate surface area is 201 Å². The van der Waals surface area contributed by atoms with Crippen LogP contribution in [-0.2, 0) is 16.7 Å². The Morgan fingerprint density at radius 1 is 0.875 bits per heavy atom. The van der Waals surface area contributed by atoms with Gasteiger partial charge in [-0.15, -0.1) is 23.2 Å². The summed E-state index contributed by atoms with van der Waals surface area (Å²) in [5.41, 5.74) is 4.68. The molecule has 1 heterocycles. The van der Waals surface area contributed by atoms with Gasteiger partial charge in [-0.2, -0.15) is 8.42 Å². The number of rotatable bonds is 8. The molecule has 0 aliphatic rings. The zero-order valence-corrected chi connectivity index (χ0v) is 20.6. The minimum atomic E-state index is -4.02. The predicted molar refractivity (Wildman–Crippen MR) is 132 cm³/mol. The Morgan fingerprint density at radius 3 is 1.97 bits per heavy atom. The van der Waals surface area contributed by atoms with Gasteiger partial charge in [-0.25, -0.2) is 4.57 Å². The minimum absolute atomic E-state index is 0.0666. The van der Waals surface area contributed by atoms with Crippen LogP contribution < -0.4 is 9.47 Å². The Morgan fingerprint density at radius 2 is 1.47 bits per heavy atom. The van der Waals surface area contributed by atoms with Crippen LogP contribution in [0.1, 0.15) is 16.7 Å². The second-order valence-electron chi connectivity index (χ2n) is 7.37. The average molecular weight is 496 g/mol. The second-order valence-corrected chi connectivity index (χ2v) is 9.55. The van der Waals surface area contributed by atoms with Crippen LogP contribution >= 0.6 is 23.2 Å². The van der Waals surface area contributed by atoms with E-state index >= 15 is 0 Å². The maximum atomic E-state index is 10.5. The topological polar surface area (TPSA) is 61.5 Å². The third-order valence-electron chi connectivity index (χ3n) is 4.70. The first-order valence-electron chi connectivity index (χ1n) is 10.2. The monoisotopic (exact) mass is 495 g/mol. The normalized spacial score (nSPS) is 10.9. The van der Waals surface area contributed by atoms with Gasteiger partial charge in [0, 0.05) is 47.7 Å². The van der Waals surface area contributed by atoms with Crippen LogP contribution in [0.4, 0.5) is 5.69 Å². The van der Waals surface area contributed by atoms with Crippen LogP contribution in [0.3, 0.4) is 0 Å². The molecule has 0 aliphatic heterocycles. The molecule has 0 amide bonds. The molecular formula is C24H29Cl2N2O3S+. The highest BCUT2D eigenvalue weighted by Crippen LogP contribution is 2.15. The fourth-order valence-corrected chi connectivity index (χ4v) is 3.95. The lowest BCUT2D eigenvalue weighted by atomic mass is 10.2. The van der Waals surface area contributed by atoms with E-state index in [1.165, 1.54) is 28.9 Å².